The topological polar surface area (TPSA) is 62.8 Å². The van der Waals surface area contributed by atoms with Gasteiger partial charge < -0.3 is 25.0 Å². The van der Waals surface area contributed by atoms with E-state index in [4.69, 9.17) is 21.1 Å². The van der Waals surface area contributed by atoms with Crippen LogP contribution in [0, 0.1) is 0 Å². The molecule has 0 aliphatic carbocycles. The number of nitrogens with zero attached hydrogens (tertiary/aromatic N) is 1. The van der Waals surface area contributed by atoms with Crippen molar-refractivity contribution in [3.05, 3.63) is 47.5 Å². The third kappa shape index (κ3) is 5.28. The summed E-state index contributed by atoms with van der Waals surface area (Å²) in [6, 6.07) is 13.3. The molecule has 0 atom stereocenters. The van der Waals surface area contributed by atoms with Crippen molar-refractivity contribution >= 4 is 34.6 Å². The van der Waals surface area contributed by atoms with E-state index in [0.29, 0.717) is 37.0 Å². The molecule has 7 heteroatoms. The van der Waals surface area contributed by atoms with Crippen molar-refractivity contribution in [3.63, 3.8) is 0 Å². The second-order valence-electron chi connectivity index (χ2n) is 6.19. The fraction of sp³-hybridized carbons (Fsp3) is 0.350. The van der Waals surface area contributed by atoms with Gasteiger partial charge in [-0.15, -0.1) is 0 Å². The van der Waals surface area contributed by atoms with Crippen LogP contribution < -0.4 is 20.3 Å². The molecular weight excluding hydrogens is 366 g/mol. The lowest BCUT2D eigenvalue weighted by atomic mass is 10.2. The lowest BCUT2D eigenvalue weighted by Gasteiger charge is -2.30. The molecule has 1 saturated heterocycles. The molecule has 1 fully saturated rings. The maximum atomic E-state index is 12.4. The fourth-order valence-corrected chi connectivity index (χ4v) is 3.23. The maximum Gasteiger partial charge on any atom is 0.226 e. The van der Waals surface area contributed by atoms with E-state index < -0.39 is 0 Å². The second kappa shape index (κ2) is 9.48. The Morgan fingerprint density at radius 3 is 2.74 bits per heavy atom. The molecule has 0 saturated carbocycles. The van der Waals surface area contributed by atoms with E-state index in [9.17, 15) is 4.79 Å². The second-order valence-corrected chi connectivity index (χ2v) is 6.60. The van der Waals surface area contributed by atoms with Crippen LogP contribution in [0.25, 0.3) is 0 Å². The van der Waals surface area contributed by atoms with Gasteiger partial charge in [0, 0.05) is 31.7 Å². The zero-order valence-electron chi connectivity index (χ0n) is 15.3. The molecule has 6 nitrogen and oxygen atoms in total. The molecule has 27 heavy (non-hydrogen) atoms. The molecule has 2 aromatic rings. The van der Waals surface area contributed by atoms with Crippen LogP contribution in [0.3, 0.4) is 0 Å². The van der Waals surface area contributed by atoms with E-state index in [1.807, 2.05) is 30.3 Å². The Labute approximate surface area is 164 Å². The third-order valence-electron chi connectivity index (χ3n) is 4.36. The van der Waals surface area contributed by atoms with Crippen molar-refractivity contribution < 1.29 is 14.3 Å². The van der Waals surface area contributed by atoms with Crippen LogP contribution in [0.5, 0.6) is 5.75 Å². The predicted molar refractivity (Wildman–Crippen MR) is 109 cm³/mol. The van der Waals surface area contributed by atoms with Gasteiger partial charge in [-0.3, -0.25) is 4.79 Å². The summed E-state index contributed by atoms with van der Waals surface area (Å²) < 4.78 is 10.5. The molecule has 144 valence electrons. The number of nitrogens with one attached hydrogen (secondary N) is 2. The van der Waals surface area contributed by atoms with Crippen molar-refractivity contribution in [1.29, 1.82) is 0 Å². The highest BCUT2D eigenvalue weighted by Crippen LogP contribution is 2.28. The summed E-state index contributed by atoms with van der Waals surface area (Å²) in [5.74, 6) is 0.586. The van der Waals surface area contributed by atoms with Gasteiger partial charge in [0.05, 0.1) is 36.7 Å². The highest BCUT2D eigenvalue weighted by Gasteiger charge is 2.15. The molecular formula is C20H24ClN3O3. The number of ether oxygens (including phenoxy) is 2. The van der Waals surface area contributed by atoms with Crippen LogP contribution in [-0.4, -0.2) is 45.9 Å². The summed E-state index contributed by atoms with van der Waals surface area (Å²) in [6.45, 7) is 3.57. The number of halogens is 1. The smallest absolute Gasteiger partial charge is 0.226 e. The van der Waals surface area contributed by atoms with E-state index in [0.717, 1.165) is 30.2 Å². The normalized spacial score (nSPS) is 13.9. The minimum atomic E-state index is -0.0391. The molecule has 0 unspecified atom stereocenters. The molecule has 1 aliphatic rings. The number of para-hydroxylation sites is 2. The first kappa shape index (κ1) is 19.3. The first-order valence-corrected chi connectivity index (χ1v) is 9.34. The van der Waals surface area contributed by atoms with Crippen molar-refractivity contribution in [2.45, 2.75) is 6.42 Å². The molecule has 0 radical (unpaired) electrons. The third-order valence-corrected chi connectivity index (χ3v) is 4.66. The summed E-state index contributed by atoms with van der Waals surface area (Å²) >= 11 is 6.11. The van der Waals surface area contributed by atoms with E-state index in [-0.39, 0.29) is 5.91 Å². The number of morpholine rings is 1. The molecule has 0 spiro atoms. The molecule has 1 amide bonds. The highest BCUT2D eigenvalue weighted by molar-refractivity contribution is 6.32. The van der Waals surface area contributed by atoms with E-state index in [2.05, 4.69) is 15.5 Å². The number of anilines is 3. The highest BCUT2D eigenvalue weighted by atomic mass is 35.5. The van der Waals surface area contributed by atoms with E-state index in [1.165, 1.54) is 0 Å². The lowest BCUT2D eigenvalue weighted by Crippen LogP contribution is -2.36. The van der Waals surface area contributed by atoms with Crippen LogP contribution in [0.4, 0.5) is 17.1 Å². The molecule has 1 aliphatic heterocycles. The Kier molecular flexibility index (Phi) is 6.79. The predicted octanol–water partition coefficient (Wildman–Crippen LogP) is 3.63. The summed E-state index contributed by atoms with van der Waals surface area (Å²) in [5.41, 5.74) is 2.71. The van der Waals surface area contributed by atoms with Gasteiger partial charge in [0.15, 0.2) is 0 Å². The first-order valence-electron chi connectivity index (χ1n) is 8.96. The first-order chi connectivity index (χ1) is 13.2. The van der Waals surface area contributed by atoms with Crippen molar-refractivity contribution in [2.24, 2.45) is 0 Å². The van der Waals surface area contributed by atoms with Crippen LogP contribution in [-0.2, 0) is 9.53 Å². The Morgan fingerprint density at radius 1 is 1.22 bits per heavy atom. The van der Waals surface area contributed by atoms with Crippen LogP contribution in [0.1, 0.15) is 6.42 Å². The van der Waals surface area contributed by atoms with Crippen molar-refractivity contribution in [3.8, 4) is 5.75 Å². The number of methoxy groups -OCH3 is 1. The van der Waals surface area contributed by atoms with Gasteiger partial charge in [0.2, 0.25) is 5.91 Å². The fourth-order valence-electron chi connectivity index (χ4n) is 2.97. The Hall–Kier alpha value is -2.44. The quantitative estimate of drug-likeness (QED) is 0.757. The van der Waals surface area contributed by atoms with Gasteiger partial charge >= 0.3 is 0 Å². The summed E-state index contributed by atoms with van der Waals surface area (Å²) in [4.78, 5) is 14.6. The van der Waals surface area contributed by atoms with Crippen LogP contribution >= 0.6 is 11.6 Å². The number of benzene rings is 2. The number of carbonyl (C=O) groups excluding carboxylic acids is 1. The average molecular weight is 390 g/mol. The van der Waals surface area contributed by atoms with Gasteiger partial charge in [0.1, 0.15) is 5.75 Å². The van der Waals surface area contributed by atoms with Gasteiger partial charge in [-0.25, -0.2) is 0 Å². The number of hydrogen-bond acceptors (Lipinski definition) is 5. The van der Waals surface area contributed by atoms with E-state index in [1.54, 1.807) is 19.2 Å². The lowest BCUT2D eigenvalue weighted by molar-refractivity contribution is -0.115. The minimum Gasteiger partial charge on any atom is -0.495 e. The largest absolute Gasteiger partial charge is 0.495 e. The molecule has 0 bridgehead atoms. The average Bonchev–Trinajstić information content (AvgIpc) is 2.69. The Bertz CT molecular complexity index is 779. The van der Waals surface area contributed by atoms with Gasteiger partial charge in [-0.2, -0.15) is 0 Å². The standard InChI is InChI=1S/C20H24ClN3O3/c1-26-19-7-6-15(14-16(19)21)22-9-8-20(25)23-17-4-2-3-5-18(17)24-10-12-27-13-11-24/h2-7,14,22H,8-13H2,1H3,(H,23,25). The number of rotatable bonds is 7. The molecule has 0 aromatic heterocycles. The van der Waals surface area contributed by atoms with Gasteiger partial charge in [-0.1, -0.05) is 23.7 Å². The maximum absolute atomic E-state index is 12.4. The zero-order chi connectivity index (χ0) is 19.1. The summed E-state index contributed by atoms with van der Waals surface area (Å²) in [7, 11) is 1.58. The zero-order valence-corrected chi connectivity index (χ0v) is 16.1. The molecule has 1 heterocycles. The van der Waals surface area contributed by atoms with Crippen molar-refractivity contribution in [1.82, 2.24) is 0 Å². The summed E-state index contributed by atoms with van der Waals surface area (Å²) in [5, 5.41) is 6.75. The van der Waals surface area contributed by atoms with Crippen LogP contribution in [0.15, 0.2) is 42.5 Å². The monoisotopic (exact) mass is 389 g/mol. The SMILES string of the molecule is COc1ccc(NCCC(=O)Nc2ccccc2N2CCOCC2)cc1Cl. The number of amides is 1. The van der Waals surface area contributed by atoms with E-state index >= 15 is 0 Å². The minimum absolute atomic E-state index is 0.0391. The number of carbonyl (C=O) groups is 1. The summed E-state index contributed by atoms with van der Waals surface area (Å²) in [6.07, 6.45) is 0.348. The van der Waals surface area contributed by atoms with Gasteiger partial charge in [-0.05, 0) is 30.3 Å². The van der Waals surface area contributed by atoms with Gasteiger partial charge in [0.25, 0.3) is 0 Å². The molecule has 2 aromatic carbocycles. The molecule has 3 rings (SSSR count). The molecule has 2 N–H and O–H groups in total. The Morgan fingerprint density at radius 2 is 2.00 bits per heavy atom. The number of hydrogen-bond donors (Lipinski definition) is 2. The Balaban J connectivity index is 1.53. The van der Waals surface area contributed by atoms with Crippen molar-refractivity contribution in [2.75, 3.05) is 55.5 Å². The van der Waals surface area contributed by atoms with Crippen LogP contribution in [0.2, 0.25) is 5.02 Å².